The molecule has 154 valence electrons. The van der Waals surface area contributed by atoms with Crippen LogP contribution in [0.4, 0.5) is 0 Å². The van der Waals surface area contributed by atoms with E-state index in [4.69, 9.17) is 9.47 Å². The molecule has 0 atom stereocenters. The molecule has 2 N–H and O–H groups in total. The van der Waals surface area contributed by atoms with E-state index in [9.17, 15) is 9.59 Å². The second-order valence-electron chi connectivity index (χ2n) is 6.49. The summed E-state index contributed by atoms with van der Waals surface area (Å²) in [5, 5.41) is 0. The van der Waals surface area contributed by atoms with Crippen molar-refractivity contribution in [1.82, 2.24) is 10.9 Å². The summed E-state index contributed by atoms with van der Waals surface area (Å²) in [5.41, 5.74) is 6.29. The quantitative estimate of drug-likeness (QED) is 0.423. The molecule has 0 saturated heterocycles. The van der Waals surface area contributed by atoms with Gasteiger partial charge in [-0.25, -0.2) is 0 Å². The van der Waals surface area contributed by atoms with Crippen molar-refractivity contribution in [3.8, 4) is 11.5 Å². The highest BCUT2D eigenvalue weighted by Gasteiger charge is 2.13. The maximum atomic E-state index is 12.5. The molecule has 0 heterocycles. The summed E-state index contributed by atoms with van der Waals surface area (Å²) in [5.74, 6) is 0.472. The molecule has 3 aromatic rings. The van der Waals surface area contributed by atoms with Gasteiger partial charge in [-0.1, -0.05) is 60.7 Å². The first-order valence-electron chi connectivity index (χ1n) is 9.75. The van der Waals surface area contributed by atoms with Crippen molar-refractivity contribution in [3.63, 3.8) is 0 Å². The van der Waals surface area contributed by atoms with Crippen LogP contribution in [0.1, 0.15) is 22.3 Å². The van der Waals surface area contributed by atoms with Crippen molar-refractivity contribution in [2.45, 2.75) is 12.8 Å². The van der Waals surface area contributed by atoms with Crippen molar-refractivity contribution in [1.29, 1.82) is 0 Å². The van der Waals surface area contributed by atoms with Gasteiger partial charge in [-0.3, -0.25) is 20.4 Å². The van der Waals surface area contributed by atoms with Gasteiger partial charge in [-0.2, -0.15) is 0 Å². The Balaban J connectivity index is 1.44. The molecule has 2 amide bonds. The van der Waals surface area contributed by atoms with E-state index in [1.54, 1.807) is 24.3 Å². The summed E-state index contributed by atoms with van der Waals surface area (Å²) in [6, 6.07) is 26.0. The zero-order chi connectivity index (χ0) is 21.0. The van der Waals surface area contributed by atoms with E-state index in [2.05, 4.69) is 10.9 Å². The Bertz CT molecular complexity index is 946. The summed E-state index contributed by atoms with van der Waals surface area (Å²) in [6.07, 6.45) is 0.878. The van der Waals surface area contributed by atoms with Crippen molar-refractivity contribution < 1.29 is 19.1 Å². The largest absolute Gasteiger partial charge is 0.490 e. The second-order valence-corrected chi connectivity index (χ2v) is 6.49. The molecule has 3 rings (SSSR count). The zero-order valence-corrected chi connectivity index (χ0v) is 16.5. The Hall–Kier alpha value is -3.80. The lowest BCUT2D eigenvalue weighted by atomic mass is 10.1. The molecule has 0 aliphatic heterocycles. The molecule has 0 bridgehead atoms. The number of carbonyl (C=O) groups excluding carboxylic acids is 2. The van der Waals surface area contributed by atoms with E-state index < -0.39 is 5.91 Å². The number of nitrogens with one attached hydrogen (secondary N) is 2. The highest BCUT2D eigenvalue weighted by atomic mass is 16.5. The van der Waals surface area contributed by atoms with E-state index in [-0.39, 0.29) is 18.9 Å². The molecule has 6 heteroatoms. The Labute approximate surface area is 175 Å². The summed E-state index contributed by atoms with van der Waals surface area (Å²) in [7, 11) is 0. The van der Waals surface area contributed by atoms with E-state index in [0.717, 1.165) is 11.3 Å². The third-order valence-electron chi connectivity index (χ3n) is 4.28. The molecule has 0 unspecified atom stereocenters. The number of carbonyl (C=O) groups is 2. The van der Waals surface area contributed by atoms with Crippen LogP contribution in [0.3, 0.4) is 0 Å². The Kier molecular flexibility index (Phi) is 7.85. The smallest absolute Gasteiger partial charge is 0.273 e. The van der Waals surface area contributed by atoms with Crippen LogP contribution in [0.2, 0.25) is 0 Å². The van der Waals surface area contributed by atoms with Gasteiger partial charge in [0.2, 0.25) is 5.91 Å². The second kappa shape index (κ2) is 11.3. The Morgan fingerprint density at radius 3 is 2.10 bits per heavy atom. The number of benzene rings is 3. The first-order chi connectivity index (χ1) is 14.7. The van der Waals surface area contributed by atoms with E-state index in [1.807, 2.05) is 60.7 Å². The summed E-state index contributed by atoms with van der Waals surface area (Å²) in [4.78, 5) is 24.5. The van der Waals surface area contributed by atoms with Gasteiger partial charge in [0, 0.05) is 6.42 Å². The van der Waals surface area contributed by atoms with Crippen LogP contribution in [0.5, 0.6) is 11.5 Å². The number of hydrazine groups is 1. The number of ether oxygens (including phenoxy) is 2. The standard InChI is InChI=1S/C24H24N2O4/c27-23(16-15-19-9-3-1-4-10-19)25-26-24(28)21-13-7-8-14-22(21)30-18-17-29-20-11-5-2-6-12-20/h1-14H,15-18H2,(H,25,27)(H,26,28). The van der Waals surface area contributed by atoms with Crippen LogP contribution in [0, 0.1) is 0 Å². The van der Waals surface area contributed by atoms with E-state index in [1.165, 1.54) is 0 Å². The van der Waals surface area contributed by atoms with Gasteiger partial charge >= 0.3 is 0 Å². The van der Waals surface area contributed by atoms with Crippen molar-refractivity contribution >= 4 is 11.8 Å². The van der Waals surface area contributed by atoms with Gasteiger partial charge in [0.25, 0.3) is 5.91 Å². The molecular formula is C24H24N2O4. The minimum Gasteiger partial charge on any atom is -0.490 e. The first kappa shape index (κ1) is 20.9. The fraction of sp³-hybridized carbons (Fsp3) is 0.167. The maximum absolute atomic E-state index is 12.5. The average Bonchev–Trinajstić information content (AvgIpc) is 2.80. The number of rotatable bonds is 9. The van der Waals surface area contributed by atoms with Gasteiger partial charge in [0.05, 0.1) is 5.56 Å². The van der Waals surface area contributed by atoms with Crippen molar-refractivity contribution in [2.75, 3.05) is 13.2 Å². The fourth-order valence-corrected chi connectivity index (χ4v) is 2.77. The molecule has 0 fully saturated rings. The summed E-state index contributed by atoms with van der Waals surface area (Å²) < 4.78 is 11.3. The maximum Gasteiger partial charge on any atom is 0.273 e. The Morgan fingerprint density at radius 1 is 0.700 bits per heavy atom. The van der Waals surface area contributed by atoms with Crippen molar-refractivity contribution in [3.05, 3.63) is 96.1 Å². The number of para-hydroxylation sites is 2. The molecule has 0 radical (unpaired) electrons. The van der Waals surface area contributed by atoms with Crippen LogP contribution >= 0.6 is 0 Å². The third-order valence-corrected chi connectivity index (χ3v) is 4.28. The average molecular weight is 404 g/mol. The van der Waals surface area contributed by atoms with Gasteiger partial charge in [-0.15, -0.1) is 0 Å². The molecule has 3 aromatic carbocycles. The number of hydrogen-bond donors (Lipinski definition) is 2. The minimum absolute atomic E-state index is 0.262. The Morgan fingerprint density at radius 2 is 1.33 bits per heavy atom. The van der Waals surface area contributed by atoms with Crippen LogP contribution in [-0.4, -0.2) is 25.0 Å². The highest BCUT2D eigenvalue weighted by Crippen LogP contribution is 2.18. The van der Waals surface area contributed by atoms with Crippen LogP contribution in [0.25, 0.3) is 0 Å². The van der Waals surface area contributed by atoms with E-state index in [0.29, 0.717) is 24.3 Å². The van der Waals surface area contributed by atoms with Crippen LogP contribution in [0.15, 0.2) is 84.9 Å². The molecule has 0 aliphatic carbocycles. The summed E-state index contributed by atoms with van der Waals surface area (Å²) in [6.45, 7) is 0.624. The third kappa shape index (κ3) is 6.67. The first-order valence-corrected chi connectivity index (χ1v) is 9.75. The molecule has 30 heavy (non-hydrogen) atoms. The number of amides is 2. The molecule has 6 nitrogen and oxygen atoms in total. The molecule has 0 aromatic heterocycles. The van der Waals surface area contributed by atoms with Gasteiger partial charge in [0.1, 0.15) is 24.7 Å². The highest BCUT2D eigenvalue weighted by molar-refractivity contribution is 5.97. The van der Waals surface area contributed by atoms with Gasteiger partial charge in [0.15, 0.2) is 0 Å². The van der Waals surface area contributed by atoms with Crippen LogP contribution < -0.4 is 20.3 Å². The topological polar surface area (TPSA) is 76.7 Å². The van der Waals surface area contributed by atoms with Gasteiger partial charge < -0.3 is 9.47 Å². The monoisotopic (exact) mass is 404 g/mol. The fourth-order valence-electron chi connectivity index (χ4n) is 2.77. The SMILES string of the molecule is O=C(CCc1ccccc1)NNC(=O)c1ccccc1OCCOc1ccccc1. The number of aryl methyl sites for hydroxylation is 1. The summed E-state index contributed by atoms with van der Waals surface area (Å²) >= 11 is 0. The van der Waals surface area contributed by atoms with Crippen molar-refractivity contribution in [2.24, 2.45) is 0 Å². The van der Waals surface area contributed by atoms with E-state index >= 15 is 0 Å². The predicted octanol–water partition coefficient (Wildman–Crippen LogP) is 3.54. The van der Waals surface area contributed by atoms with Crippen LogP contribution in [-0.2, 0) is 11.2 Å². The molecular weight excluding hydrogens is 380 g/mol. The zero-order valence-electron chi connectivity index (χ0n) is 16.5. The lowest BCUT2D eigenvalue weighted by Gasteiger charge is -2.13. The van der Waals surface area contributed by atoms with Gasteiger partial charge in [-0.05, 0) is 36.2 Å². The molecule has 0 aliphatic rings. The molecule has 0 spiro atoms. The lowest BCUT2D eigenvalue weighted by molar-refractivity contribution is -0.121. The predicted molar refractivity (Wildman–Crippen MR) is 114 cm³/mol. The lowest BCUT2D eigenvalue weighted by Crippen LogP contribution is -2.41. The minimum atomic E-state index is -0.442. The normalized spacial score (nSPS) is 10.1. The molecule has 0 saturated carbocycles. The number of hydrogen-bond acceptors (Lipinski definition) is 4.